The first kappa shape index (κ1) is 12.2. The number of likely N-dealkylation sites (tertiary alicyclic amines) is 1. The van der Waals surface area contributed by atoms with Gasteiger partial charge in [0.2, 0.25) is 5.91 Å². The first-order chi connectivity index (χ1) is 6.85. The highest BCUT2D eigenvalue weighted by atomic mass is 16.3. The molecule has 86 valence electrons. The lowest BCUT2D eigenvalue weighted by Gasteiger charge is -2.33. The maximum absolute atomic E-state index is 11.8. The van der Waals surface area contributed by atoms with Crippen molar-refractivity contribution in [2.45, 2.75) is 51.7 Å². The van der Waals surface area contributed by atoms with Gasteiger partial charge in [-0.05, 0) is 27.2 Å². The summed E-state index contributed by atoms with van der Waals surface area (Å²) in [6, 6.07) is 0. The number of aliphatic hydroxyl groups excluding tert-OH is 1. The topological polar surface area (TPSA) is 57.6 Å². The summed E-state index contributed by atoms with van der Waals surface area (Å²) in [4.78, 5) is 24.2. The second-order valence-electron chi connectivity index (χ2n) is 4.71. The Kier molecular flexibility index (Phi) is 3.50. The molecule has 1 fully saturated rings. The van der Waals surface area contributed by atoms with Crippen molar-refractivity contribution in [3.63, 3.8) is 0 Å². The van der Waals surface area contributed by atoms with Crippen LogP contribution in [0.15, 0.2) is 0 Å². The van der Waals surface area contributed by atoms with Crippen LogP contribution in [0.4, 0.5) is 0 Å². The molecule has 1 heterocycles. The summed E-state index contributed by atoms with van der Waals surface area (Å²) in [5, 5.41) is 9.69. The minimum atomic E-state index is -0.492. The highest BCUT2D eigenvalue weighted by Crippen LogP contribution is 2.29. The van der Waals surface area contributed by atoms with Gasteiger partial charge in [-0.2, -0.15) is 0 Å². The minimum absolute atomic E-state index is 0.0286. The van der Waals surface area contributed by atoms with Crippen molar-refractivity contribution >= 4 is 11.7 Å². The number of carbonyl (C=O) groups is 2. The summed E-state index contributed by atoms with van der Waals surface area (Å²) >= 11 is 0. The predicted octanol–water partition coefficient (Wildman–Crippen LogP) is 0.727. The Bertz CT molecular complexity index is 273. The maximum atomic E-state index is 11.8. The quantitative estimate of drug-likeness (QED) is 0.751. The molecule has 1 rings (SSSR count). The number of nitrogens with zero attached hydrogens (tertiary/aromatic N) is 1. The number of Topliss-reactive ketones (excluding diaryl/α,β-unsaturated/α-hetero) is 1. The molecule has 0 radical (unpaired) electrons. The fraction of sp³-hybridized carbons (Fsp3) is 0.818. The summed E-state index contributed by atoms with van der Waals surface area (Å²) in [6.07, 6.45) is 0.713. The van der Waals surface area contributed by atoms with E-state index in [1.165, 1.54) is 6.92 Å². The number of aliphatic hydroxyl groups is 1. The second kappa shape index (κ2) is 4.31. The molecule has 1 unspecified atom stereocenters. The van der Waals surface area contributed by atoms with Crippen molar-refractivity contribution in [2.75, 3.05) is 6.54 Å². The zero-order valence-corrected chi connectivity index (χ0v) is 9.62. The van der Waals surface area contributed by atoms with Crippen molar-refractivity contribution in [1.82, 2.24) is 4.90 Å². The van der Waals surface area contributed by atoms with E-state index in [2.05, 4.69) is 0 Å². The zero-order chi connectivity index (χ0) is 11.6. The molecule has 1 N–H and O–H groups in total. The van der Waals surface area contributed by atoms with E-state index < -0.39 is 11.6 Å². The molecule has 15 heavy (non-hydrogen) atoms. The first-order valence-electron chi connectivity index (χ1n) is 5.33. The van der Waals surface area contributed by atoms with Crippen LogP contribution >= 0.6 is 0 Å². The SMILES string of the molecule is CC(=O)CCC(=O)N1CCC(O)C1(C)C. The molecule has 0 aromatic heterocycles. The highest BCUT2D eigenvalue weighted by Gasteiger charge is 2.42. The molecule has 1 atom stereocenters. The number of hydrogen-bond donors (Lipinski definition) is 1. The molecule has 0 spiro atoms. The van der Waals surface area contributed by atoms with E-state index in [1.807, 2.05) is 13.8 Å². The van der Waals surface area contributed by atoms with Crippen LogP contribution in [0.2, 0.25) is 0 Å². The fourth-order valence-corrected chi connectivity index (χ4v) is 1.94. The van der Waals surface area contributed by atoms with Crippen LogP contribution in [0.25, 0.3) is 0 Å². The van der Waals surface area contributed by atoms with E-state index in [4.69, 9.17) is 0 Å². The van der Waals surface area contributed by atoms with Gasteiger partial charge in [0.15, 0.2) is 0 Å². The van der Waals surface area contributed by atoms with Gasteiger partial charge in [0.1, 0.15) is 5.78 Å². The van der Waals surface area contributed by atoms with Gasteiger partial charge in [0, 0.05) is 19.4 Å². The average molecular weight is 213 g/mol. The van der Waals surface area contributed by atoms with Crippen molar-refractivity contribution in [3.05, 3.63) is 0 Å². The smallest absolute Gasteiger partial charge is 0.223 e. The summed E-state index contributed by atoms with van der Waals surface area (Å²) in [6.45, 7) is 5.79. The molecule has 0 aromatic rings. The standard InChI is InChI=1S/C11H19NO3/c1-8(13)4-5-10(15)12-7-6-9(14)11(12,2)3/h9,14H,4-7H2,1-3H3. The normalized spacial score (nSPS) is 24.3. The van der Waals surface area contributed by atoms with Crippen LogP contribution in [0.5, 0.6) is 0 Å². The van der Waals surface area contributed by atoms with Gasteiger partial charge in [0.25, 0.3) is 0 Å². The average Bonchev–Trinajstić information content (AvgIpc) is 2.38. The molecule has 1 amide bonds. The van der Waals surface area contributed by atoms with Gasteiger partial charge in [-0.25, -0.2) is 0 Å². The van der Waals surface area contributed by atoms with Crippen LogP contribution in [-0.2, 0) is 9.59 Å². The Labute approximate surface area is 90.3 Å². The molecule has 1 aliphatic rings. The van der Waals surface area contributed by atoms with E-state index in [0.717, 1.165) is 0 Å². The number of amides is 1. The molecular formula is C11H19NO3. The second-order valence-corrected chi connectivity index (χ2v) is 4.71. The monoisotopic (exact) mass is 213 g/mol. The largest absolute Gasteiger partial charge is 0.391 e. The Morgan fingerprint density at radius 2 is 2.00 bits per heavy atom. The number of rotatable bonds is 3. The third-order valence-corrected chi connectivity index (χ3v) is 3.13. The number of ketones is 1. The van der Waals surface area contributed by atoms with Gasteiger partial charge in [0.05, 0.1) is 11.6 Å². The first-order valence-corrected chi connectivity index (χ1v) is 5.33. The molecule has 0 bridgehead atoms. The van der Waals surface area contributed by atoms with Gasteiger partial charge in [-0.15, -0.1) is 0 Å². The van der Waals surface area contributed by atoms with E-state index in [0.29, 0.717) is 19.4 Å². The molecule has 0 aromatic carbocycles. The van der Waals surface area contributed by atoms with Crippen LogP contribution in [0.1, 0.15) is 40.0 Å². The summed E-state index contributed by atoms with van der Waals surface area (Å²) in [5.74, 6) is -0.00680. The maximum Gasteiger partial charge on any atom is 0.223 e. The van der Waals surface area contributed by atoms with Crippen LogP contribution in [0.3, 0.4) is 0 Å². The lowest BCUT2D eigenvalue weighted by atomic mass is 9.98. The molecule has 0 aliphatic carbocycles. The van der Waals surface area contributed by atoms with Gasteiger partial charge >= 0.3 is 0 Å². The minimum Gasteiger partial charge on any atom is -0.391 e. The van der Waals surface area contributed by atoms with E-state index >= 15 is 0 Å². The number of hydrogen-bond acceptors (Lipinski definition) is 3. The summed E-state index contributed by atoms with van der Waals surface area (Å²) in [5.41, 5.74) is -0.492. The molecular weight excluding hydrogens is 194 g/mol. The Morgan fingerprint density at radius 1 is 1.40 bits per heavy atom. The van der Waals surface area contributed by atoms with Crippen molar-refractivity contribution in [1.29, 1.82) is 0 Å². The summed E-state index contributed by atoms with van der Waals surface area (Å²) in [7, 11) is 0. The lowest BCUT2D eigenvalue weighted by molar-refractivity contribution is -0.137. The van der Waals surface area contributed by atoms with Crippen molar-refractivity contribution < 1.29 is 14.7 Å². The molecule has 0 saturated carbocycles. The van der Waals surface area contributed by atoms with Crippen LogP contribution in [0, 0.1) is 0 Å². The van der Waals surface area contributed by atoms with E-state index in [9.17, 15) is 14.7 Å². The zero-order valence-electron chi connectivity index (χ0n) is 9.62. The van der Waals surface area contributed by atoms with Gasteiger partial charge in [-0.1, -0.05) is 0 Å². The van der Waals surface area contributed by atoms with E-state index in [-0.39, 0.29) is 18.1 Å². The van der Waals surface area contributed by atoms with Crippen molar-refractivity contribution in [3.8, 4) is 0 Å². The van der Waals surface area contributed by atoms with E-state index in [1.54, 1.807) is 4.90 Å². The molecule has 1 aliphatic heterocycles. The summed E-state index contributed by atoms with van der Waals surface area (Å²) < 4.78 is 0. The molecule has 1 saturated heterocycles. The Balaban J connectivity index is 2.57. The van der Waals surface area contributed by atoms with Crippen molar-refractivity contribution in [2.24, 2.45) is 0 Å². The molecule has 4 nitrogen and oxygen atoms in total. The highest BCUT2D eigenvalue weighted by molar-refractivity contribution is 5.84. The van der Waals surface area contributed by atoms with Gasteiger partial charge in [-0.3, -0.25) is 4.79 Å². The predicted molar refractivity (Wildman–Crippen MR) is 56.3 cm³/mol. The van der Waals surface area contributed by atoms with Gasteiger partial charge < -0.3 is 14.8 Å². The third kappa shape index (κ3) is 2.56. The third-order valence-electron chi connectivity index (χ3n) is 3.13. The van der Waals surface area contributed by atoms with Crippen LogP contribution in [-0.4, -0.2) is 39.9 Å². The fourth-order valence-electron chi connectivity index (χ4n) is 1.94. The molecule has 4 heteroatoms. The lowest BCUT2D eigenvalue weighted by Crippen LogP contribution is -2.48. The number of carbonyl (C=O) groups excluding carboxylic acids is 2. The Morgan fingerprint density at radius 3 is 2.40 bits per heavy atom. The Hall–Kier alpha value is -0.900. The van der Waals surface area contributed by atoms with Crippen LogP contribution < -0.4 is 0 Å².